The number of benzene rings is 2. The van der Waals surface area contributed by atoms with E-state index >= 15 is 0 Å². The fourth-order valence-corrected chi connectivity index (χ4v) is 2.85. The molecule has 0 aromatic heterocycles. The molecule has 26 heavy (non-hydrogen) atoms. The Bertz CT molecular complexity index is 838. The number of cyclic esters (lactones) is 1. The third-order valence-corrected chi connectivity index (χ3v) is 4.28. The maximum atomic E-state index is 14.6. The lowest BCUT2D eigenvalue weighted by molar-refractivity contribution is 0.125. The van der Waals surface area contributed by atoms with E-state index in [0.717, 1.165) is 16.2 Å². The number of rotatable bonds is 6. The van der Waals surface area contributed by atoms with Crippen molar-refractivity contribution in [3.8, 4) is 11.1 Å². The van der Waals surface area contributed by atoms with Gasteiger partial charge in [0.25, 0.3) is 0 Å². The van der Waals surface area contributed by atoms with Gasteiger partial charge in [0, 0.05) is 10.5 Å². The summed E-state index contributed by atoms with van der Waals surface area (Å²) in [6, 6.07) is 11.7. The number of nitrogens with zero attached hydrogens (tertiary/aromatic N) is 3. The van der Waals surface area contributed by atoms with Gasteiger partial charge in [-0.1, -0.05) is 17.4 Å². The molecule has 0 aliphatic carbocycles. The van der Waals surface area contributed by atoms with Crippen molar-refractivity contribution in [1.82, 2.24) is 5.01 Å². The van der Waals surface area contributed by atoms with E-state index in [1.165, 1.54) is 11.0 Å². The van der Waals surface area contributed by atoms with Gasteiger partial charge in [0.2, 0.25) is 0 Å². The van der Waals surface area contributed by atoms with Crippen LogP contribution in [0.5, 0.6) is 0 Å². The van der Waals surface area contributed by atoms with Gasteiger partial charge >= 0.3 is 6.09 Å². The quantitative estimate of drug-likeness (QED) is 0.235. The van der Waals surface area contributed by atoms with Crippen molar-refractivity contribution < 1.29 is 13.9 Å². The van der Waals surface area contributed by atoms with Crippen LogP contribution in [-0.2, 0) is 4.74 Å². The standard InChI is InChI=1S/C17H16FN5O2S/c18-16-7-12(3-6-15(16)11-1-4-14(26)5-2-11)23-9-13(25-17(23)24)8-22(10-19)21-20/h1-7,10,13,19-20,26H,8-9H2/t13-/m0/s1. The Morgan fingerprint density at radius 3 is 2.69 bits per heavy atom. The second-order valence-corrected chi connectivity index (χ2v) is 6.19. The van der Waals surface area contributed by atoms with Crippen LogP contribution in [0.4, 0.5) is 14.9 Å². The summed E-state index contributed by atoms with van der Waals surface area (Å²) in [6.45, 7) is 0.276. The van der Waals surface area contributed by atoms with Gasteiger partial charge in [-0.15, -0.1) is 12.6 Å². The van der Waals surface area contributed by atoms with Crippen LogP contribution in [0.2, 0.25) is 0 Å². The molecule has 1 heterocycles. The van der Waals surface area contributed by atoms with Crippen molar-refractivity contribution in [3.05, 3.63) is 48.3 Å². The van der Waals surface area contributed by atoms with Crippen molar-refractivity contribution in [2.24, 2.45) is 5.22 Å². The molecule has 2 aromatic rings. The number of anilines is 1. The highest BCUT2D eigenvalue weighted by atomic mass is 32.1. The molecule has 0 unspecified atom stereocenters. The minimum Gasteiger partial charge on any atom is -0.442 e. The minimum absolute atomic E-state index is 0.0892. The summed E-state index contributed by atoms with van der Waals surface area (Å²) < 4.78 is 19.8. The lowest BCUT2D eigenvalue weighted by Gasteiger charge is -2.16. The number of nitrogens with one attached hydrogen (secondary N) is 2. The third-order valence-electron chi connectivity index (χ3n) is 3.98. The summed E-state index contributed by atoms with van der Waals surface area (Å²) in [5.41, 5.74) is 8.45. The Labute approximate surface area is 154 Å². The number of hydrogen-bond acceptors (Lipinski definition) is 6. The number of carbonyl (C=O) groups excluding carboxylic acids is 1. The highest BCUT2D eigenvalue weighted by Gasteiger charge is 2.33. The molecule has 9 heteroatoms. The van der Waals surface area contributed by atoms with E-state index in [9.17, 15) is 9.18 Å². The van der Waals surface area contributed by atoms with E-state index in [-0.39, 0.29) is 13.1 Å². The maximum absolute atomic E-state index is 14.6. The summed E-state index contributed by atoms with van der Waals surface area (Å²) in [5.74, 6) is -0.451. The average Bonchev–Trinajstić information content (AvgIpc) is 3.01. The number of halogens is 1. The Kier molecular flexibility index (Phi) is 5.17. The second kappa shape index (κ2) is 7.52. The molecule has 1 aliphatic heterocycles. The molecular formula is C17H16FN5O2S. The topological polar surface area (TPSA) is 92.8 Å². The third kappa shape index (κ3) is 3.67. The van der Waals surface area contributed by atoms with E-state index in [0.29, 0.717) is 16.8 Å². The number of carbonyl (C=O) groups is 1. The zero-order valence-corrected chi connectivity index (χ0v) is 14.5. The average molecular weight is 373 g/mol. The summed E-state index contributed by atoms with van der Waals surface area (Å²) in [4.78, 5) is 14.2. The molecule has 1 amide bonds. The van der Waals surface area contributed by atoms with Crippen LogP contribution >= 0.6 is 12.6 Å². The summed E-state index contributed by atoms with van der Waals surface area (Å²) >= 11 is 4.21. The monoisotopic (exact) mass is 373 g/mol. The van der Waals surface area contributed by atoms with E-state index in [1.807, 2.05) is 0 Å². The van der Waals surface area contributed by atoms with Crippen LogP contribution in [0.1, 0.15) is 0 Å². The van der Waals surface area contributed by atoms with E-state index in [1.54, 1.807) is 36.4 Å². The number of amides is 1. The first-order valence-electron chi connectivity index (χ1n) is 7.73. The first-order valence-corrected chi connectivity index (χ1v) is 8.18. The highest BCUT2D eigenvalue weighted by molar-refractivity contribution is 7.80. The summed E-state index contributed by atoms with van der Waals surface area (Å²) in [5, 5.41) is 11.3. The van der Waals surface area contributed by atoms with Gasteiger partial charge in [0.15, 0.2) is 0 Å². The van der Waals surface area contributed by atoms with E-state index in [2.05, 4.69) is 17.9 Å². The molecule has 0 radical (unpaired) electrons. The smallest absolute Gasteiger partial charge is 0.414 e. The predicted octanol–water partition coefficient (Wildman–Crippen LogP) is 3.96. The molecule has 1 fully saturated rings. The van der Waals surface area contributed by atoms with Gasteiger partial charge < -0.3 is 4.74 Å². The van der Waals surface area contributed by atoms with Gasteiger partial charge in [-0.25, -0.2) is 14.2 Å². The number of hydrogen-bond donors (Lipinski definition) is 3. The van der Waals surface area contributed by atoms with Crippen LogP contribution in [-0.4, -0.2) is 36.6 Å². The minimum atomic E-state index is -0.600. The van der Waals surface area contributed by atoms with Crippen molar-refractivity contribution in [1.29, 1.82) is 10.9 Å². The highest BCUT2D eigenvalue weighted by Crippen LogP contribution is 2.29. The molecule has 2 aromatic carbocycles. The molecule has 1 aliphatic rings. The van der Waals surface area contributed by atoms with E-state index < -0.39 is 18.0 Å². The molecule has 134 valence electrons. The Morgan fingerprint density at radius 2 is 2.08 bits per heavy atom. The molecule has 3 rings (SSSR count). The van der Waals surface area contributed by atoms with Crippen LogP contribution in [0.15, 0.2) is 52.6 Å². The lowest BCUT2D eigenvalue weighted by atomic mass is 10.0. The second-order valence-electron chi connectivity index (χ2n) is 5.68. The molecular weight excluding hydrogens is 357 g/mol. The van der Waals surface area contributed by atoms with Gasteiger partial charge in [-0.3, -0.25) is 10.3 Å². The molecule has 1 atom stereocenters. The molecule has 0 bridgehead atoms. The van der Waals surface area contributed by atoms with Gasteiger partial charge in [-0.2, -0.15) is 5.53 Å². The predicted molar refractivity (Wildman–Crippen MR) is 97.3 cm³/mol. The zero-order valence-electron chi connectivity index (χ0n) is 13.6. The lowest BCUT2D eigenvalue weighted by Crippen LogP contribution is -2.30. The number of thiol groups is 1. The van der Waals surface area contributed by atoms with Gasteiger partial charge in [0.05, 0.1) is 18.8 Å². The SMILES string of the molecule is N=CN(C[C@H]1CN(c2ccc(-c3ccc(S)cc3)c(F)c2)C(=O)O1)N=N. The van der Waals surface area contributed by atoms with Crippen LogP contribution in [0, 0.1) is 16.8 Å². The Hall–Kier alpha value is -2.94. The first-order chi connectivity index (χ1) is 12.5. The van der Waals surface area contributed by atoms with Crippen LogP contribution < -0.4 is 4.90 Å². The maximum Gasteiger partial charge on any atom is 0.414 e. The van der Waals surface area contributed by atoms with Gasteiger partial charge in [0.1, 0.15) is 18.3 Å². The number of ether oxygens (including phenoxy) is 1. The van der Waals surface area contributed by atoms with Crippen molar-refractivity contribution in [2.75, 3.05) is 18.0 Å². The fourth-order valence-electron chi connectivity index (χ4n) is 2.71. The van der Waals surface area contributed by atoms with E-state index in [4.69, 9.17) is 15.7 Å². The van der Waals surface area contributed by atoms with Crippen LogP contribution in [0.25, 0.3) is 11.1 Å². The molecule has 0 saturated carbocycles. The van der Waals surface area contributed by atoms with Crippen LogP contribution in [0.3, 0.4) is 0 Å². The van der Waals surface area contributed by atoms with Crippen molar-refractivity contribution in [3.63, 3.8) is 0 Å². The van der Waals surface area contributed by atoms with Crippen molar-refractivity contribution in [2.45, 2.75) is 11.0 Å². The Morgan fingerprint density at radius 1 is 1.35 bits per heavy atom. The molecule has 2 N–H and O–H groups in total. The summed E-state index contributed by atoms with van der Waals surface area (Å²) in [7, 11) is 0. The Balaban J connectivity index is 1.78. The molecule has 1 saturated heterocycles. The first kappa shape index (κ1) is 17.9. The van der Waals surface area contributed by atoms with Crippen molar-refractivity contribution >= 4 is 30.7 Å². The summed E-state index contributed by atoms with van der Waals surface area (Å²) in [6.07, 6.45) is -0.297. The zero-order chi connectivity index (χ0) is 18.7. The van der Waals surface area contributed by atoms with Gasteiger partial charge in [-0.05, 0) is 35.9 Å². The fraction of sp³-hybridized carbons (Fsp3) is 0.176. The largest absolute Gasteiger partial charge is 0.442 e. The normalized spacial score (nSPS) is 16.3. The molecule has 0 spiro atoms. The molecule has 7 nitrogen and oxygen atoms in total.